The van der Waals surface area contributed by atoms with E-state index >= 15 is 0 Å². The second kappa shape index (κ2) is 8.88. The maximum atomic E-state index is 12.4. The lowest BCUT2D eigenvalue weighted by atomic mass is 10.2. The van der Waals surface area contributed by atoms with Gasteiger partial charge in [0, 0.05) is 45.0 Å². The highest BCUT2D eigenvalue weighted by Gasteiger charge is 2.19. The van der Waals surface area contributed by atoms with Gasteiger partial charge < -0.3 is 9.64 Å². The van der Waals surface area contributed by atoms with Gasteiger partial charge in [-0.2, -0.15) is 5.10 Å². The Morgan fingerprint density at radius 2 is 1.66 bits per heavy atom. The summed E-state index contributed by atoms with van der Waals surface area (Å²) >= 11 is 0. The summed E-state index contributed by atoms with van der Waals surface area (Å²) in [6.45, 7) is 5.10. The molecule has 7 heteroatoms. The molecule has 0 unspecified atom stereocenters. The second-order valence-corrected chi connectivity index (χ2v) is 8.00. The van der Waals surface area contributed by atoms with Crippen LogP contribution in [0.25, 0.3) is 16.7 Å². The van der Waals surface area contributed by atoms with E-state index in [4.69, 9.17) is 4.74 Å². The Hall–Kier alpha value is -3.58. The standard InChI is InChI=1S/C25H27N5O2/c1-32-23-9-5-4-8-22(23)28-17-14-27(15-18-28)16-19-30-25(31)11-10-24(26-30)29-13-12-20-6-2-3-7-21(20)29/h2-13H,14-19H2,1H3. The van der Waals surface area contributed by atoms with E-state index < -0.39 is 0 Å². The number of ether oxygens (including phenoxy) is 1. The van der Waals surface area contributed by atoms with Crippen molar-refractivity contribution in [2.45, 2.75) is 6.54 Å². The lowest BCUT2D eigenvalue weighted by Crippen LogP contribution is -2.47. The first-order valence-corrected chi connectivity index (χ1v) is 11.0. The van der Waals surface area contributed by atoms with Gasteiger partial charge in [0.25, 0.3) is 5.56 Å². The van der Waals surface area contributed by atoms with E-state index in [-0.39, 0.29) is 5.56 Å². The van der Waals surface area contributed by atoms with Crippen LogP contribution < -0.4 is 15.2 Å². The minimum Gasteiger partial charge on any atom is -0.495 e. The maximum absolute atomic E-state index is 12.4. The Bertz CT molecular complexity index is 1270. The van der Waals surface area contributed by atoms with Crippen molar-refractivity contribution in [3.05, 3.63) is 83.3 Å². The molecule has 0 atom stereocenters. The third-order valence-corrected chi connectivity index (χ3v) is 6.13. The van der Waals surface area contributed by atoms with Gasteiger partial charge in [-0.05, 0) is 35.7 Å². The summed E-state index contributed by atoms with van der Waals surface area (Å²) in [5, 5.41) is 5.80. The minimum absolute atomic E-state index is 0.0714. The molecule has 2 aromatic carbocycles. The topological polar surface area (TPSA) is 55.5 Å². The van der Waals surface area contributed by atoms with E-state index in [1.165, 1.54) is 0 Å². The molecule has 0 spiro atoms. The van der Waals surface area contributed by atoms with E-state index in [1.54, 1.807) is 23.9 Å². The first kappa shape index (κ1) is 20.3. The number of para-hydroxylation sites is 3. The molecule has 0 bridgehead atoms. The first-order valence-electron chi connectivity index (χ1n) is 11.0. The molecule has 164 valence electrons. The zero-order valence-corrected chi connectivity index (χ0v) is 18.2. The van der Waals surface area contributed by atoms with E-state index in [9.17, 15) is 4.79 Å². The molecule has 32 heavy (non-hydrogen) atoms. The molecular formula is C25H27N5O2. The van der Waals surface area contributed by atoms with Crippen molar-refractivity contribution in [2.75, 3.05) is 44.7 Å². The van der Waals surface area contributed by atoms with E-state index in [0.29, 0.717) is 6.54 Å². The summed E-state index contributed by atoms with van der Waals surface area (Å²) in [6, 6.07) is 21.8. The van der Waals surface area contributed by atoms with Crippen LogP contribution in [0.3, 0.4) is 0 Å². The van der Waals surface area contributed by atoms with Gasteiger partial charge in [-0.15, -0.1) is 0 Å². The van der Waals surface area contributed by atoms with E-state index in [2.05, 4.69) is 39.2 Å². The monoisotopic (exact) mass is 429 g/mol. The number of hydrogen-bond acceptors (Lipinski definition) is 5. The average Bonchev–Trinajstić information content (AvgIpc) is 3.28. The molecule has 1 aliphatic heterocycles. The van der Waals surface area contributed by atoms with Gasteiger partial charge in [-0.1, -0.05) is 30.3 Å². The van der Waals surface area contributed by atoms with Gasteiger partial charge >= 0.3 is 0 Å². The zero-order chi connectivity index (χ0) is 21.9. The number of piperazine rings is 1. The number of anilines is 1. The van der Waals surface area contributed by atoms with Crippen LogP contribution in [-0.2, 0) is 6.54 Å². The quantitative estimate of drug-likeness (QED) is 0.472. The molecule has 1 saturated heterocycles. The first-order chi connectivity index (χ1) is 15.7. The molecule has 5 rings (SSSR count). The molecule has 0 radical (unpaired) electrons. The third-order valence-electron chi connectivity index (χ3n) is 6.13. The maximum Gasteiger partial charge on any atom is 0.266 e. The summed E-state index contributed by atoms with van der Waals surface area (Å²) in [5.41, 5.74) is 2.15. The fourth-order valence-corrected chi connectivity index (χ4v) is 4.35. The smallest absolute Gasteiger partial charge is 0.266 e. The Balaban J connectivity index is 1.25. The summed E-state index contributed by atoms with van der Waals surface area (Å²) in [6.07, 6.45) is 2.00. The molecule has 0 amide bonds. The van der Waals surface area contributed by atoms with Crippen molar-refractivity contribution in [3.8, 4) is 11.6 Å². The summed E-state index contributed by atoms with van der Waals surface area (Å²) in [4.78, 5) is 17.2. The van der Waals surface area contributed by atoms with Crippen molar-refractivity contribution >= 4 is 16.6 Å². The van der Waals surface area contributed by atoms with Crippen LogP contribution in [0.5, 0.6) is 5.75 Å². The third kappa shape index (κ3) is 3.99. The van der Waals surface area contributed by atoms with Gasteiger partial charge in [-0.3, -0.25) is 14.3 Å². The highest BCUT2D eigenvalue weighted by Crippen LogP contribution is 2.28. The lowest BCUT2D eigenvalue weighted by Gasteiger charge is -2.36. The van der Waals surface area contributed by atoms with Crippen LogP contribution in [0.15, 0.2) is 77.7 Å². The number of nitrogens with zero attached hydrogens (tertiary/aromatic N) is 5. The van der Waals surface area contributed by atoms with Crippen molar-refractivity contribution in [2.24, 2.45) is 0 Å². The Morgan fingerprint density at radius 3 is 2.50 bits per heavy atom. The number of benzene rings is 2. The highest BCUT2D eigenvalue weighted by atomic mass is 16.5. The fourth-order valence-electron chi connectivity index (χ4n) is 4.35. The number of rotatable bonds is 6. The Kier molecular flexibility index (Phi) is 5.64. The molecule has 0 N–H and O–H groups in total. The molecule has 3 heterocycles. The van der Waals surface area contributed by atoms with Crippen LogP contribution in [0.1, 0.15) is 0 Å². The van der Waals surface area contributed by atoms with Crippen LogP contribution in [0.4, 0.5) is 5.69 Å². The molecule has 2 aromatic heterocycles. The largest absolute Gasteiger partial charge is 0.495 e. The lowest BCUT2D eigenvalue weighted by molar-refractivity contribution is 0.242. The highest BCUT2D eigenvalue weighted by molar-refractivity contribution is 5.81. The molecule has 7 nitrogen and oxygen atoms in total. The molecule has 1 fully saturated rings. The number of fused-ring (bicyclic) bond motifs is 1. The van der Waals surface area contributed by atoms with Gasteiger partial charge in [0.2, 0.25) is 0 Å². The van der Waals surface area contributed by atoms with Crippen molar-refractivity contribution in [1.82, 2.24) is 19.2 Å². The van der Waals surface area contributed by atoms with Crippen LogP contribution in [-0.4, -0.2) is 59.1 Å². The fraction of sp³-hybridized carbons (Fsp3) is 0.280. The second-order valence-electron chi connectivity index (χ2n) is 8.00. The van der Waals surface area contributed by atoms with Crippen LogP contribution >= 0.6 is 0 Å². The Morgan fingerprint density at radius 1 is 0.875 bits per heavy atom. The predicted octanol–water partition coefficient (Wildman–Crippen LogP) is 3.02. The SMILES string of the molecule is COc1ccccc1N1CCN(CCn2nc(-n3ccc4ccccc43)ccc2=O)CC1. The molecular weight excluding hydrogens is 402 g/mol. The van der Waals surface area contributed by atoms with Crippen LogP contribution in [0.2, 0.25) is 0 Å². The van der Waals surface area contributed by atoms with Gasteiger partial charge in [-0.25, -0.2) is 4.68 Å². The number of hydrogen-bond donors (Lipinski definition) is 0. The van der Waals surface area contributed by atoms with Gasteiger partial charge in [0.05, 0.1) is 24.9 Å². The molecule has 0 aliphatic carbocycles. The van der Waals surface area contributed by atoms with Crippen molar-refractivity contribution < 1.29 is 4.74 Å². The normalized spacial score (nSPS) is 14.7. The average molecular weight is 430 g/mol. The summed E-state index contributed by atoms with van der Waals surface area (Å²) in [7, 11) is 1.71. The Labute approximate surface area is 187 Å². The van der Waals surface area contributed by atoms with Crippen molar-refractivity contribution in [1.29, 1.82) is 0 Å². The van der Waals surface area contributed by atoms with Gasteiger partial charge in [0.15, 0.2) is 5.82 Å². The molecule has 4 aromatic rings. The number of methoxy groups -OCH3 is 1. The van der Waals surface area contributed by atoms with E-state index in [1.807, 2.05) is 41.1 Å². The van der Waals surface area contributed by atoms with Gasteiger partial charge in [0.1, 0.15) is 5.75 Å². The van der Waals surface area contributed by atoms with Crippen molar-refractivity contribution in [3.63, 3.8) is 0 Å². The summed E-state index contributed by atoms with van der Waals surface area (Å²) in [5.74, 6) is 1.66. The summed E-state index contributed by atoms with van der Waals surface area (Å²) < 4.78 is 9.11. The predicted molar refractivity (Wildman–Crippen MR) is 127 cm³/mol. The molecule has 0 saturated carbocycles. The van der Waals surface area contributed by atoms with E-state index in [0.717, 1.165) is 60.9 Å². The minimum atomic E-state index is -0.0714. The molecule has 1 aliphatic rings. The van der Waals surface area contributed by atoms with Crippen LogP contribution in [0, 0.1) is 0 Å². The zero-order valence-electron chi connectivity index (χ0n) is 18.2. The number of aromatic nitrogens is 3.